The van der Waals surface area contributed by atoms with Crippen LogP contribution in [0.3, 0.4) is 0 Å². The van der Waals surface area contributed by atoms with Gasteiger partial charge in [-0.2, -0.15) is 0 Å². The molecule has 0 aromatic rings. The van der Waals surface area contributed by atoms with E-state index in [1.807, 2.05) is 24.3 Å². The molecule has 0 spiro atoms. The number of aliphatic carboxylic acids is 1. The molecule has 0 saturated carbocycles. The Hall–Kier alpha value is -1.39. The highest BCUT2D eigenvalue weighted by atomic mass is 17.1. The van der Waals surface area contributed by atoms with Gasteiger partial charge in [-0.25, -0.2) is 4.89 Å². The van der Waals surface area contributed by atoms with Crippen LogP contribution in [-0.2, 0) is 9.68 Å². The van der Waals surface area contributed by atoms with Crippen molar-refractivity contribution in [2.45, 2.75) is 70.8 Å². The lowest BCUT2D eigenvalue weighted by atomic mass is 10.1. The molecule has 0 fully saturated rings. The highest BCUT2D eigenvalue weighted by Crippen LogP contribution is 2.07. The van der Waals surface area contributed by atoms with Crippen molar-refractivity contribution in [3.05, 3.63) is 36.5 Å². The van der Waals surface area contributed by atoms with Crippen molar-refractivity contribution in [1.82, 2.24) is 0 Å². The topological polar surface area (TPSA) is 66.8 Å². The molecule has 0 aliphatic rings. The molecular formula is C18H30O4. The lowest BCUT2D eigenvalue weighted by Crippen LogP contribution is -2.06. The van der Waals surface area contributed by atoms with E-state index in [1.165, 1.54) is 0 Å². The molecule has 0 aliphatic carbocycles. The molecule has 0 radical (unpaired) electrons. The summed E-state index contributed by atoms with van der Waals surface area (Å²) in [6, 6.07) is 0. The van der Waals surface area contributed by atoms with Crippen LogP contribution in [-0.4, -0.2) is 22.4 Å². The van der Waals surface area contributed by atoms with Gasteiger partial charge >= 0.3 is 5.97 Å². The van der Waals surface area contributed by atoms with Crippen LogP contribution in [0.15, 0.2) is 36.5 Å². The molecule has 0 aromatic carbocycles. The smallest absolute Gasteiger partial charge is 0.303 e. The summed E-state index contributed by atoms with van der Waals surface area (Å²) >= 11 is 0. The lowest BCUT2D eigenvalue weighted by molar-refractivity contribution is -0.267. The maximum absolute atomic E-state index is 10.3. The van der Waals surface area contributed by atoms with Crippen molar-refractivity contribution in [3.63, 3.8) is 0 Å². The number of rotatable bonds is 14. The van der Waals surface area contributed by atoms with Crippen LogP contribution in [0, 0.1) is 0 Å². The van der Waals surface area contributed by atoms with Gasteiger partial charge in [0.25, 0.3) is 0 Å². The van der Waals surface area contributed by atoms with E-state index in [2.05, 4.69) is 24.0 Å². The van der Waals surface area contributed by atoms with Crippen LogP contribution in [0.5, 0.6) is 0 Å². The summed E-state index contributed by atoms with van der Waals surface area (Å²) in [4.78, 5) is 14.7. The van der Waals surface area contributed by atoms with Crippen molar-refractivity contribution in [1.29, 1.82) is 0 Å². The normalized spacial score (nSPS) is 13.5. The summed E-state index contributed by atoms with van der Waals surface area (Å²) in [6.45, 7) is 2.15. The van der Waals surface area contributed by atoms with E-state index >= 15 is 0 Å². The molecule has 0 bridgehead atoms. The Morgan fingerprint density at radius 1 is 1.09 bits per heavy atom. The zero-order chi connectivity index (χ0) is 16.5. The van der Waals surface area contributed by atoms with Crippen LogP contribution < -0.4 is 0 Å². The minimum atomic E-state index is -0.724. The summed E-state index contributed by atoms with van der Waals surface area (Å²) in [5.41, 5.74) is 0. The minimum Gasteiger partial charge on any atom is -0.481 e. The van der Waals surface area contributed by atoms with Crippen molar-refractivity contribution >= 4 is 5.97 Å². The zero-order valence-electron chi connectivity index (χ0n) is 13.6. The quantitative estimate of drug-likeness (QED) is 0.153. The van der Waals surface area contributed by atoms with Crippen molar-refractivity contribution in [2.75, 3.05) is 0 Å². The zero-order valence-corrected chi connectivity index (χ0v) is 13.6. The number of hydrogen-bond donors (Lipinski definition) is 2. The Morgan fingerprint density at radius 3 is 2.59 bits per heavy atom. The van der Waals surface area contributed by atoms with E-state index in [9.17, 15) is 4.79 Å². The van der Waals surface area contributed by atoms with E-state index < -0.39 is 5.97 Å². The summed E-state index contributed by atoms with van der Waals surface area (Å²) in [5.74, 6) is -0.724. The Labute approximate surface area is 134 Å². The van der Waals surface area contributed by atoms with E-state index in [4.69, 9.17) is 10.4 Å². The third-order valence-electron chi connectivity index (χ3n) is 3.25. The lowest BCUT2D eigenvalue weighted by Gasteiger charge is -2.07. The van der Waals surface area contributed by atoms with Crippen LogP contribution in [0.1, 0.15) is 64.7 Å². The highest BCUT2D eigenvalue weighted by Gasteiger charge is 2.02. The molecule has 0 heterocycles. The summed E-state index contributed by atoms with van der Waals surface area (Å²) in [6.07, 6.45) is 19.6. The minimum absolute atomic E-state index is 0.221. The van der Waals surface area contributed by atoms with Gasteiger partial charge in [0, 0.05) is 6.42 Å². The molecule has 4 heteroatoms. The second kappa shape index (κ2) is 16.0. The summed E-state index contributed by atoms with van der Waals surface area (Å²) in [7, 11) is 0. The fourth-order valence-electron chi connectivity index (χ4n) is 1.96. The molecule has 0 rings (SSSR count). The second-order valence-corrected chi connectivity index (χ2v) is 5.30. The van der Waals surface area contributed by atoms with Gasteiger partial charge in [0.15, 0.2) is 0 Å². The van der Waals surface area contributed by atoms with E-state index in [0.717, 1.165) is 51.4 Å². The average Bonchev–Trinajstić information content (AvgIpc) is 2.50. The van der Waals surface area contributed by atoms with Crippen LogP contribution in [0.25, 0.3) is 0 Å². The van der Waals surface area contributed by atoms with Gasteiger partial charge in [-0.1, -0.05) is 62.6 Å². The average molecular weight is 310 g/mol. The molecular weight excluding hydrogens is 280 g/mol. The maximum atomic E-state index is 10.3. The SMILES string of the molecule is CCCCC[C@@H](/C=C/C=C/C/C=C\CCCCC(=O)O)OO. The Balaban J connectivity index is 3.66. The largest absolute Gasteiger partial charge is 0.481 e. The number of carboxylic acid groups (broad SMARTS) is 1. The Bertz CT molecular complexity index is 345. The van der Waals surface area contributed by atoms with Gasteiger partial charge in [-0.15, -0.1) is 0 Å². The first kappa shape index (κ1) is 20.6. The standard InChI is InChI=1S/C18H30O4/c1-2-3-11-14-17(22-21)15-12-9-7-5-4-6-8-10-13-16-18(19)20/h4,6-7,9,12,15,17,21H,2-3,5,8,10-11,13-14,16H2,1H3,(H,19,20)/b6-4-,9-7+,15-12+/t17-/m0/s1. The van der Waals surface area contributed by atoms with Crippen LogP contribution >= 0.6 is 0 Å². The molecule has 0 aliphatic heterocycles. The fraction of sp³-hybridized carbons (Fsp3) is 0.611. The van der Waals surface area contributed by atoms with Gasteiger partial charge in [0.2, 0.25) is 0 Å². The van der Waals surface area contributed by atoms with E-state index in [0.29, 0.717) is 0 Å². The molecule has 0 saturated heterocycles. The van der Waals surface area contributed by atoms with Crippen LogP contribution in [0.2, 0.25) is 0 Å². The van der Waals surface area contributed by atoms with Gasteiger partial charge in [0.05, 0.1) is 0 Å². The summed E-state index contributed by atoms with van der Waals surface area (Å²) < 4.78 is 0. The molecule has 2 N–H and O–H groups in total. The molecule has 22 heavy (non-hydrogen) atoms. The fourth-order valence-corrected chi connectivity index (χ4v) is 1.96. The number of allylic oxidation sites excluding steroid dienone is 5. The molecule has 0 amide bonds. The first-order valence-electron chi connectivity index (χ1n) is 8.21. The van der Waals surface area contributed by atoms with Gasteiger partial charge in [0.1, 0.15) is 6.10 Å². The van der Waals surface area contributed by atoms with E-state index in [1.54, 1.807) is 0 Å². The summed E-state index contributed by atoms with van der Waals surface area (Å²) in [5, 5.41) is 17.3. The number of unbranched alkanes of at least 4 members (excludes halogenated alkanes) is 4. The highest BCUT2D eigenvalue weighted by molar-refractivity contribution is 5.66. The third-order valence-corrected chi connectivity index (χ3v) is 3.25. The number of carboxylic acids is 1. The Kier molecular flexibility index (Phi) is 15.0. The maximum Gasteiger partial charge on any atom is 0.303 e. The van der Waals surface area contributed by atoms with Gasteiger partial charge in [-0.3, -0.25) is 10.1 Å². The van der Waals surface area contributed by atoms with Crippen molar-refractivity contribution < 1.29 is 20.0 Å². The molecule has 1 atom stereocenters. The molecule has 4 nitrogen and oxygen atoms in total. The van der Waals surface area contributed by atoms with Crippen molar-refractivity contribution in [3.8, 4) is 0 Å². The molecule has 126 valence electrons. The molecule has 0 aromatic heterocycles. The first-order valence-corrected chi connectivity index (χ1v) is 8.21. The number of hydrogen-bond acceptors (Lipinski definition) is 3. The van der Waals surface area contributed by atoms with Crippen LogP contribution in [0.4, 0.5) is 0 Å². The van der Waals surface area contributed by atoms with Crippen molar-refractivity contribution in [2.24, 2.45) is 0 Å². The van der Waals surface area contributed by atoms with Gasteiger partial charge < -0.3 is 5.11 Å². The second-order valence-electron chi connectivity index (χ2n) is 5.30. The first-order chi connectivity index (χ1) is 10.7. The number of carbonyl (C=O) groups is 1. The third kappa shape index (κ3) is 15.0. The van der Waals surface area contributed by atoms with E-state index in [-0.39, 0.29) is 12.5 Å². The Morgan fingerprint density at radius 2 is 1.91 bits per heavy atom. The predicted octanol–water partition coefficient (Wildman–Crippen LogP) is 5.13. The monoisotopic (exact) mass is 310 g/mol. The predicted molar refractivity (Wildman–Crippen MR) is 89.8 cm³/mol. The molecule has 0 unspecified atom stereocenters. The van der Waals surface area contributed by atoms with Gasteiger partial charge in [-0.05, 0) is 32.1 Å².